The molecule has 1 fully saturated rings. The summed E-state index contributed by atoms with van der Waals surface area (Å²) in [4.78, 5) is 5.80. The first-order valence-electron chi connectivity index (χ1n) is 8.59. The van der Waals surface area contributed by atoms with E-state index in [0.717, 1.165) is 37.5 Å². The van der Waals surface area contributed by atoms with Gasteiger partial charge in [-0.2, -0.15) is 0 Å². The number of aromatic nitrogens is 1. The number of hydrogen-bond donors (Lipinski definition) is 2. The molecule has 4 heteroatoms. The molecule has 0 amide bonds. The van der Waals surface area contributed by atoms with Crippen LogP contribution in [0.2, 0.25) is 5.02 Å². The fourth-order valence-electron chi connectivity index (χ4n) is 3.58. The Morgan fingerprint density at radius 3 is 2.71 bits per heavy atom. The van der Waals surface area contributed by atoms with Gasteiger partial charge in [0, 0.05) is 40.4 Å². The summed E-state index contributed by atoms with van der Waals surface area (Å²) in [6.07, 6.45) is 4.32. The van der Waals surface area contributed by atoms with Gasteiger partial charge < -0.3 is 15.2 Å². The second-order valence-corrected chi connectivity index (χ2v) is 6.86. The fraction of sp³-hybridized carbons (Fsp3) is 0.300. The minimum atomic E-state index is 0.541. The summed E-state index contributed by atoms with van der Waals surface area (Å²) < 4.78 is 0. The van der Waals surface area contributed by atoms with Crippen LogP contribution in [0.1, 0.15) is 18.4 Å². The van der Waals surface area contributed by atoms with Crippen molar-refractivity contribution in [3.8, 4) is 0 Å². The van der Waals surface area contributed by atoms with Crippen molar-refractivity contribution < 1.29 is 0 Å². The van der Waals surface area contributed by atoms with Crippen LogP contribution in [0.15, 0.2) is 54.7 Å². The van der Waals surface area contributed by atoms with E-state index in [1.165, 1.54) is 22.2 Å². The Bertz CT molecular complexity index is 820. The third-order valence-electron chi connectivity index (χ3n) is 4.92. The molecule has 3 aromatic rings. The van der Waals surface area contributed by atoms with Gasteiger partial charge in [0.1, 0.15) is 0 Å². The zero-order chi connectivity index (χ0) is 16.4. The average Bonchev–Trinajstić information content (AvgIpc) is 3.09. The number of aromatic amines is 1. The van der Waals surface area contributed by atoms with Crippen LogP contribution in [0, 0.1) is 0 Å². The summed E-state index contributed by atoms with van der Waals surface area (Å²) in [5, 5.41) is 5.57. The van der Waals surface area contributed by atoms with Gasteiger partial charge in [-0.25, -0.2) is 0 Å². The van der Waals surface area contributed by atoms with Gasteiger partial charge in [0.25, 0.3) is 0 Å². The molecule has 0 saturated carbocycles. The van der Waals surface area contributed by atoms with Crippen molar-refractivity contribution in [3.63, 3.8) is 0 Å². The first-order chi connectivity index (χ1) is 11.8. The Balaban J connectivity index is 1.70. The number of nitrogens with one attached hydrogen (secondary N) is 2. The van der Waals surface area contributed by atoms with E-state index < -0.39 is 0 Å². The number of anilines is 1. The van der Waals surface area contributed by atoms with E-state index in [2.05, 4.69) is 51.6 Å². The normalized spacial score (nSPS) is 15.7. The van der Waals surface area contributed by atoms with Crippen molar-refractivity contribution in [1.82, 2.24) is 10.3 Å². The van der Waals surface area contributed by atoms with Gasteiger partial charge in [-0.05, 0) is 61.8 Å². The molecule has 2 aromatic carbocycles. The van der Waals surface area contributed by atoms with Crippen LogP contribution in [0.5, 0.6) is 0 Å². The molecule has 0 atom stereocenters. The largest absolute Gasteiger partial charge is 0.364 e. The fourth-order valence-corrected chi connectivity index (χ4v) is 3.77. The maximum atomic E-state index is 6.43. The van der Waals surface area contributed by atoms with Crippen molar-refractivity contribution in [3.05, 3.63) is 65.3 Å². The van der Waals surface area contributed by atoms with Crippen LogP contribution in [-0.2, 0) is 6.54 Å². The minimum Gasteiger partial charge on any atom is -0.364 e. The van der Waals surface area contributed by atoms with Crippen LogP contribution in [0.3, 0.4) is 0 Å². The molecule has 1 saturated heterocycles. The highest BCUT2D eigenvalue weighted by atomic mass is 35.5. The summed E-state index contributed by atoms with van der Waals surface area (Å²) in [5.41, 5.74) is 3.64. The molecule has 2 N–H and O–H groups in total. The Morgan fingerprint density at radius 2 is 1.88 bits per heavy atom. The van der Waals surface area contributed by atoms with E-state index >= 15 is 0 Å². The molecule has 0 bridgehead atoms. The Hall–Kier alpha value is -1.97. The number of nitrogens with zero attached hydrogens (tertiary/aromatic N) is 1. The average molecular weight is 340 g/mol. The van der Waals surface area contributed by atoms with Gasteiger partial charge in [-0.1, -0.05) is 29.8 Å². The number of fused-ring (bicyclic) bond motifs is 1. The first-order valence-corrected chi connectivity index (χ1v) is 8.97. The van der Waals surface area contributed by atoms with Crippen LogP contribution in [-0.4, -0.2) is 24.1 Å². The van der Waals surface area contributed by atoms with Crippen LogP contribution < -0.4 is 10.2 Å². The van der Waals surface area contributed by atoms with E-state index in [0.29, 0.717) is 6.04 Å². The Morgan fingerprint density at radius 1 is 1.04 bits per heavy atom. The number of hydrogen-bond acceptors (Lipinski definition) is 2. The molecule has 24 heavy (non-hydrogen) atoms. The summed E-state index contributed by atoms with van der Waals surface area (Å²) in [7, 11) is 0. The smallest absolute Gasteiger partial charge is 0.0455 e. The predicted molar refractivity (Wildman–Crippen MR) is 102 cm³/mol. The lowest BCUT2D eigenvalue weighted by Gasteiger charge is -2.37. The molecule has 1 aromatic heterocycles. The van der Waals surface area contributed by atoms with Gasteiger partial charge in [0.2, 0.25) is 0 Å². The summed E-state index contributed by atoms with van der Waals surface area (Å²) in [5.74, 6) is 0. The minimum absolute atomic E-state index is 0.541. The second-order valence-electron chi connectivity index (χ2n) is 6.45. The summed E-state index contributed by atoms with van der Waals surface area (Å²) in [6.45, 7) is 3.01. The highest BCUT2D eigenvalue weighted by molar-refractivity contribution is 6.31. The van der Waals surface area contributed by atoms with Crippen molar-refractivity contribution in [2.45, 2.75) is 25.4 Å². The molecule has 0 aliphatic carbocycles. The van der Waals surface area contributed by atoms with E-state index in [-0.39, 0.29) is 0 Å². The number of benzene rings is 2. The predicted octanol–water partition coefficient (Wildman–Crippen LogP) is 4.58. The molecule has 0 spiro atoms. The van der Waals surface area contributed by atoms with Crippen molar-refractivity contribution in [1.29, 1.82) is 0 Å². The zero-order valence-electron chi connectivity index (χ0n) is 13.6. The molecule has 0 radical (unpaired) electrons. The number of halogens is 1. The van der Waals surface area contributed by atoms with Crippen molar-refractivity contribution in [2.75, 3.05) is 18.0 Å². The lowest BCUT2D eigenvalue weighted by Crippen LogP contribution is -2.43. The lowest BCUT2D eigenvalue weighted by atomic mass is 10.0. The molecule has 0 unspecified atom stereocenters. The first kappa shape index (κ1) is 15.6. The third kappa shape index (κ3) is 3.14. The number of piperidine rings is 1. The monoisotopic (exact) mass is 339 g/mol. The SMILES string of the molecule is Clc1ccccc1CN(c1ccc2[nH]ccc2c1)C1CCNCC1. The van der Waals surface area contributed by atoms with E-state index in [1.807, 2.05) is 18.3 Å². The molecule has 4 rings (SSSR count). The highest BCUT2D eigenvalue weighted by Gasteiger charge is 2.22. The van der Waals surface area contributed by atoms with E-state index in [1.54, 1.807) is 0 Å². The van der Waals surface area contributed by atoms with E-state index in [9.17, 15) is 0 Å². The standard InChI is InChI=1S/C20H22ClN3/c21-19-4-2-1-3-16(19)14-24(17-8-10-22-11-9-17)18-5-6-20-15(13-18)7-12-23-20/h1-7,12-13,17,22-23H,8-11,14H2. The lowest BCUT2D eigenvalue weighted by molar-refractivity contribution is 0.428. The van der Waals surface area contributed by atoms with Gasteiger partial charge in [0.15, 0.2) is 0 Å². The zero-order valence-corrected chi connectivity index (χ0v) is 14.4. The quantitative estimate of drug-likeness (QED) is 0.729. The summed E-state index contributed by atoms with van der Waals surface area (Å²) >= 11 is 6.43. The van der Waals surface area contributed by atoms with Gasteiger partial charge >= 0.3 is 0 Å². The molecular formula is C20H22ClN3. The van der Waals surface area contributed by atoms with Gasteiger partial charge in [-0.3, -0.25) is 0 Å². The number of rotatable bonds is 4. The maximum absolute atomic E-state index is 6.43. The van der Waals surface area contributed by atoms with Gasteiger partial charge in [0.05, 0.1) is 0 Å². The molecule has 1 aliphatic rings. The van der Waals surface area contributed by atoms with Crippen molar-refractivity contribution in [2.24, 2.45) is 0 Å². The van der Waals surface area contributed by atoms with Crippen LogP contribution in [0.4, 0.5) is 5.69 Å². The second kappa shape index (κ2) is 6.88. The molecular weight excluding hydrogens is 318 g/mol. The molecule has 2 heterocycles. The Labute approximate surface area is 147 Å². The molecule has 1 aliphatic heterocycles. The maximum Gasteiger partial charge on any atom is 0.0455 e. The van der Waals surface area contributed by atoms with Crippen molar-refractivity contribution >= 4 is 28.2 Å². The topological polar surface area (TPSA) is 31.1 Å². The Kier molecular flexibility index (Phi) is 4.46. The van der Waals surface area contributed by atoms with E-state index in [4.69, 9.17) is 11.6 Å². The van der Waals surface area contributed by atoms with Crippen LogP contribution in [0.25, 0.3) is 10.9 Å². The van der Waals surface area contributed by atoms with Gasteiger partial charge in [-0.15, -0.1) is 0 Å². The third-order valence-corrected chi connectivity index (χ3v) is 5.29. The summed E-state index contributed by atoms with van der Waals surface area (Å²) in [6, 6.07) is 17.5. The molecule has 124 valence electrons. The molecule has 3 nitrogen and oxygen atoms in total. The van der Waals surface area contributed by atoms with Crippen LogP contribution >= 0.6 is 11.6 Å². The number of H-pyrrole nitrogens is 1. The highest BCUT2D eigenvalue weighted by Crippen LogP contribution is 2.29.